The molecule has 78 valence electrons. The standard InChI is InChI=1S/3C3H8N.Al/c3*1-2-3-4;/h3*4H,2-3H2,1H3;/q3*-1;+3. The molecule has 0 aliphatic rings. The predicted octanol–water partition coefficient (Wildman–Crippen LogP) is 0.970. The maximum absolute atomic E-state index is 3.56. The number of rotatable bonds is 9. The number of hydrogen-bond acceptors (Lipinski definition) is 3. The van der Waals surface area contributed by atoms with Gasteiger partial charge in [-0.3, -0.25) is 0 Å². The average Bonchev–Trinajstić information content (AvgIpc) is 2.17. The first-order valence-corrected chi connectivity index (χ1v) is 7.28. The van der Waals surface area contributed by atoms with Gasteiger partial charge in [0.05, 0.1) is 0 Å². The Bertz CT molecular complexity index is 81.8. The average molecular weight is 201 g/mol. The predicted molar refractivity (Wildman–Crippen MR) is 60.6 cm³/mol. The molecule has 0 rings (SSSR count). The fourth-order valence-electron chi connectivity index (χ4n) is 1.08. The Kier molecular flexibility index (Phi) is 10.8. The van der Waals surface area contributed by atoms with Crippen molar-refractivity contribution in [2.75, 3.05) is 19.6 Å². The summed E-state index contributed by atoms with van der Waals surface area (Å²) >= 11 is -1.04. The van der Waals surface area contributed by atoms with Crippen LogP contribution in [0.3, 0.4) is 0 Å². The molecule has 0 spiro atoms. The van der Waals surface area contributed by atoms with E-state index in [4.69, 9.17) is 0 Å². The summed E-state index contributed by atoms with van der Waals surface area (Å²) in [6.45, 7) is 10.0. The molecule has 0 bridgehead atoms. The van der Waals surface area contributed by atoms with Gasteiger partial charge in [-0.15, -0.1) is 0 Å². The fourth-order valence-corrected chi connectivity index (χ4v) is 3.25. The molecule has 0 saturated carbocycles. The lowest BCUT2D eigenvalue weighted by atomic mass is 10.5. The molecule has 3 nitrogen and oxygen atoms in total. The topological polar surface area (TPSA) is 36.1 Å². The van der Waals surface area contributed by atoms with Gasteiger partial charge in [-0.25, -0.2) is 0 Å². The third-order valence-corrected chi connectivity index (χ3v) is 3.89. The Labute approximate surface area is 87.7 Å². The summed E-state index contributed by atoms with van der Waals surface area (Å²) in [4.78, 5) is 0. The van der Waals surface area contributed by atoms with Crippen LogP contribution in [0.4, 0.5) is 0 Å². The summed E-state index contributed by atoms with van der Waals surface area (Å²) in [6.07, 6.45) is 3.64. The Hall–Kier alpha value is 0.412. The Morgan fingerprint density at radius 2 is 1.00 bits per heavy atom. The molecule has 0 amide bonds. The first-order chi connectivity index (χ1) is 6.35. The van der Waals surface area contributed by atoms with Gasteiger partial charge in [0.25, 0.3) is 0 Å². The second-order valence-corrected chi connectivity index (χ2v) is 5.39. The van der Waals surface area contributed by atoms with Crippen molar-refractivity contribution in [1.82, 2.24) is 12.9 Å². The van der Waals surface area contributed by atoms with Gasteiger partial charge >= 0.3 is 14.8 Å². The van der Waals surface area contributed by atoms with E-state index in [1.807, 2.05) is 0 Å². The smallest absolute Gasteiger partial charge is 0.371 e. The van der Waals surface area contributed by atoms with Crippen LogP contribution in [-0.4, -0.2) is 34.4 Å². The zero-order valence-corrected chi connectivity index (χ0v) is 10.5. The largest absolute Gasteiger partial charge is 0.600 e. The lowest BCUT2D eigenvalue weighted by Crippen LogP contribution is -2.58. The van der Waals surface area contributed by atoms with E-state index >= 15 is 0 Å². The summed E-state index contributed by atoms with van der Waals surface area (Å²) in [5, 5.41) is 0. The van der Waals surface area contributed by atoms with E-state index < -0.39 is 14.8 Å². The van der Waals surface area contributed by atoms with Gasteiger partial charge in [-0.05, 0) is 38.9 Å². The van der Waals surface area contributed by atoms with E-state index in [9.17, 15) is 0 Å². The van der Waals surface area contributed by atoms with Crippen LogP contribution in [-0.2, 0) is 0 Å². The molecule has 0 aromatic rings. The SMILES string of the molecule is CCC[NH][Al]([NH]CCC)[NH]CCC. The van der Waals surface area contributed by atoms with Crippen molar-refractivity contribution >= 4 is 14.8 Å². The maximum atomic E-state index is 3.56. The van der Waals surface area contributed by atoms with Crippen LogP contribution in [0.15, 0.2) is 0 Å². The Morgan fingerprint density at radius 3 is 1.23 bits per heavy atom. The molecule has 0 saturated heterocycles. The van der Waals surface area contributed by atoms with E-state index in [0.29, 0.717) is 0 Å². The second-order valence-electron chi connectivity index (χ2n) is 3.30. The number of hydrogen-bond donors (Lipinski definition) is 3. The number of nitrogens with one attached hydrogen (secondary N) is 3. The highest BCUT2D eigenvalue weighted by molar-refractivity contribution is 6.50. The highest BCUT2D eigenvalue weighted by atomic mass is 27.2. The van der Waals surface area contributed by atoms with Gasteiger partial charge in [-0.2, -0.15) is 0 Å². The molecule has 4 heteroatoms. The summed E-state index contributed by atoms with van der Waals surface area (Å²) in [7, 11) is 0. The third-order valence-electron chi connectivity index (χ3n) is 1.80. The first-order valence-electron chi connectivity index (χ1n) is 5.55. The summed E-state index contributed by atoms with van der Waals surface area (Å²) in [5.41, 5.74) is 0. The quantitative estimate of drug-likeness (QED) is 0.486. The van der Waals surface area contributed by atoms with E-state index in [1.165, 1.54) is 19.3 Å². The van der Waals surface area contributed by atoms with Gasteiger partial charge < -0.3 is 12.9 Å². The lowest BCUT2D eigenvalue weighted by molar-refractivity contribution is 0.735. The maximum Gasteiger partial charge on any atom is 0.600 e. The van der Waals surface area contributed by atoms with Crippen molar-refractivity contribution in [2.24, 2.45) is 0 Å². The van der Waals surface area contributed by atoms with Crippen molar-refractivity contribution in [2.45, 2.75) is 40.0 Å². The minimum absolute atomic E-state index is 1.04. The van der Waals surface area contributed by atoms with Crippen molar-refractivity contribution in [3.05, 3.63) is 0 Å². The van der Waals surface area contributed by atoms with Crippen LogP contribution in [0.5, 0.6) is 0 Å². The molecule has 0 aromatic carbocycles. The van der Waals surface area contributed by atoms with Gasteiger partial charge in [-0.1, -0.05) is 20.8 Å². The molecule has 13 heavy (non-hydrogen) atoms. The molecule has 0 unspecified atom stereocenters. The van der Waals surface area contributed by atoms with E-state index in [2.05, 4.69) is 33.7 Å². The van der Waals surface area contributed by atoms with E-state index in [0.717, 1.165) is 19.6 Å². The molecule has 0 atom stereocenters. The monoisotopic (exact) mass is 201 g/mol. The van der Waals surface area contributed by atoms with Crippen molar-refractivity contribution in [1.29, 1.82) is 0 Å². The zero-order chi connectivity index (χ0) is 9.94. The molecule has 0 heterocycles. The Morgan fingerprint density at radius 1 is 0.692 bits per heavy atom. The minimum Gasteiger partial charge on any atom is -0.371 e. The lowest BCUT2D eigenvalue weighted by Gasteiger charge is -2.14. The molecule has 0 aliphatic heterocycles. The fraction of sp³-hybridized carbons (Fsp3) is 1.00. The third kappa shape index (κ3) is 8.73. The van der Waals surface area contributed by atoms with Crippen LogP contribution < -0.4 is 12.9 Å². The van der Waals surface area contributed by atoms with Crippen LogP contribution in [0.1, 0.15) is 40.0 Å². The van der Waals surface area contributed by atoms with Crippen molar-refractivity contribution < 1.29 is 0 Å². The van der Waals surface area contributed by atoms with Crippen LogP contribution in [0.25, 0.3) is 0 Å². The van der Waals surface area contributed by atoms with Crippen LogP contribution in [0.2, 0.25) is 0 Å². The molecule has 3 N–H and O–H groups in total. The summed E-state index contributed by atoms with van der Waals surface area (Å²) < 4.78 is 10.7. The first kappa shape index (κ1) is 13.4. The summed E-state index contributed by atoms with van der Waals surface area (Å²) in [5.74, 6) is 0. The zero-order valence-electron chi connectivity index (χ0n) is 9.32. The second kappa shape index (κ2) is 10.5. The van der Waals surface area contributed by atoms with E-state index in [1.54, 1.807) is 0 Å². The Balaban J connectivity index is 3.47. The summed E-state index contributed by atoms with van der Waals surface area (Å²) in [6, 6.07) is 0. The minimum atomic E-state index is -1.04. The van der Waals surface area contributed by atoms with Crippen LogP contribution in [0, 0.1) is 0 Å². The molecule has 0 aromatic heterocycles. The molecule has 0 radical (unpaired) electrons. The molecular formula is C9H24AlN3. The highest BCUT2D eigenvalue weighted by Gasteiger charge is 2.17. The van der Waals surface area contributed by atoms with E-state index in [-0.39, 0.29) is 0 Å². The van der Waals surface area contributed by atoms with Crippen molar-refractivity contribution in [3.63, 3.8) is 0 Å². The highest BCUT2D eigenvalue weighted by Crippen LogP contribution is 1.76. The molecular weight excluding hydrogens is 177 g/mol. The van der Waals surface area contributed by atoms with Crippen LogP contribution >= 0.6 is 0 Å². The van der Waals surface area contributed by atoms with Gasteiger partial charge in [0.15, 0.2) is 0 Å². The molecule has 0 aliphatic carbocycles. The van der Waals surface area contributed by atoms with Gasteiger partial charge in [0, 0.05) is 0 Å². The molecule has 0 fully saturated rings. The normalized spacial score (nSPS) is 10.4. The van der Waals surface area contributed by atoms with Gasteiger partial charge in [0.1, 0.15) is 0 Å². The van der Waals surface area contributed by atoms with Gasteiger partial charge in [0.2, 0.25) is 0 Å². The van der Waals surface area contributed by atoms with Crippen molar-refractivity contribution in [3.8, 4) is 0 Å².